The van der Waals surface area contributed by atoms with Gasteiger partial charge in [-0.1, -0.05) is 37.3 Å². The summed E-state index contributed by atoms with van der Waals surface area (Å²) in [6, 6.07) is 13.0. The predicted molar refractivity (Wildman–Crippen MR) is 141 cm³/mol. The Hall–Kier alpha value is -3.30. The smallest absolute Gasteiger partial charge is 0.184 e. The van der Waals surface area contributed by atoms with Gasteiger partial charge in [-0.3, -0.25) is 5.41 Å². The number of fused-ring (bicyclic) bond motifs is 2. The lowest BCUT2D eigenvalue weighted by Crippen LogP contribution is -2.59. The molecule has 1 aromatic carbocycles. The van der Waals surface area contributed by atoms with Crippen molar-refractivity contribution < 1.29 is 4.74 Å². The van der Waals surface area contributed by atoms with Crippen LogP contribution in [-0.4, -0.2) is 52.5 Å². The molecule has 1 aliphatic carbocycles. The fourth-order valence-electron chi connectivity index (χ4n) is 6.66. The lowest BCUT2D eigenvalue weighted by atomic mass is 9.53. The number of hydrogen-bond donors (Lipinski definition) is 3. The van der Waals surface area contributed by atoms with Gasteiger partial charge in [0.1, 0.15) is 11.4 Å². The number of hydrogen-bond acceptors (Lipinski definition) is 6. The summed E-state index contributed by atoms with van der Waals surface area (Å²) in [4.78, 5) is 11.6. The molecule has 0 radical (unpaired) electrons. The Bertz CT molecular complexity index is 1380. The summed E-state index contributed by atoms with van der Waals surface area (Å²) in [7, 11) is 0. The first-order chi connectivity index (χ1) is 17.2. The Balaban J connectivity index is 1.34. The highest BCUT2D eigenvalue weighted by Gasteiger charge is 2.73. The highest BCUT2D eigenvalue weighted by Crippen LogP contribution is 2.66. The van der Waals surface area contributed by atoms with Crippen LogP contribution in [0.4, 0.5) is 5.69 Å². The van der Waals surface area contributed by atoms with Gasteiger partial charge in [-0.15, -0.1) is 5.10 Å². The molecule has 3 aliphatic heterocycles. The van der Waals surface area contributed by atoms with E-state index in [2.05, 4.69) is 66.3 Å². The maximum Gasteiger partial charge on any atom is 0.184 e. The number of nitrogens with two attached hydrogens (primary N) is 2. The van der Waals surface area contributed by atoms with Gasteiger partial charge >= 0.3 is 0 Å². The fraction of sp³-hybridized carbons (Fsp3) is 0.481. The minimum absolute atomic E-state index is 0.112. The molecule has 9 nitrogen and oxygen atoms in total. The van der Waals surface area contributed by atoms with Gasteiger partial charge in [0.05, 0.1) is 30.2 Å². The molecule has 5 heterocycles. The third-order valence-electron chi connectivity index (χ3n) is 8.58. The molecule has 3 aromatic rings. The Morgan fingerprint density at radius 3 is 2.81 bits per heavy atom. The van der Waals surface area contributed by atoms with Gasteiger partial charge in [0, 0.05) is 30.5 Å². The topological polar surface area (TPSA) is 131 Å². The van der Waals surface area contributed by atoms with E-state index in [1.54, 1.807) is 6.92 Å². The van der Waals surface area contributed by atoms with E-state index in [9.17, 15) is 0 Å². The van der Waals surface area contributed by atoms with Gasteiger partial charge in [-0.25, -0.2) is 14.5 Å². The molecule has 4 fully saturated rings. The summed E-state index contributed by atoms with van der Waals surface area (Å²) < 4.78 is 8.18. The lowest BCUT2D eigenvalue weighted by Gasteiger charge is -2.50. The molecule has 3 saturated heterocycles. The van der Waals surface area contributed by atoms with E-state index in [1.807, 2.05) is 4.52 Å². The maximum atomic E-state index is 8.64. The van der Waals surface area contributed by atoms with Crippen molar-refractivity contribution in [2.75, 3.05) is 31.1 Å². The average molecular weight is 487 g/mol. The summed E-state index contributed by atoms with van der Waals surface area (Å²) in [6.45, 7) is 8.94. The number of benzene rings is 1. The number of amidine groups is 2. The lowest BCUT2D eigenvalue weighted by molar-refractivity contribution is -0.0601. The minimum atomic E-state index is -0.784. The Morgan fingerprint density at radius 2 is 2.08 bits per heavy atom. The highest BCUT2D eigenvalue weighted by atomic mass is 16.5. The van der Waals surface area contributed by atoms with Crippen LogP contribution in [0.15, 0.2) is 47.6 Å². The van der Waals surface area contributed by atoms with Crippen molar-refractivity contribution in [1.29, 1.82) is 5.41 Å². The number of pyridine rings is 1. The van der Waals surface area contributed by atoms with E-state index >= 15 is 0 Å². The second kappa shape index (κ2) is 7.85. The second-order valence-electron chi connectivity index (χ2n) is 11.2. The third kappa shape index (κ3) is 3.22. The molecule has 7 rings (SSSR count). The van der Waals surface area contributed by atoms with Crippen molar-refractivity contribution in [3.05, 3.63) is 59.5 Å². The summed E-state index contributed by atoms with van der Waals surface area (Å²) in [5, 5.41) is 13.5. The van der Waals surface area contributed by atoms with E-state index in [0.717, 1.165) is 36.4 Å². The van der Waals surface area contributed by atoms with Gasteiger partial charge in [0.2, 0.25) is 0 Å². The summed E-state index contributed by atoms with van der Waals surface area (Å²) >= 11 is 0. The van der Waals surface area contributed by atoms with Crippen molar-refractivity contribution in [2.24, 2.45) is 27.8 Å². The molecule has 0 amide bonds. The Labute approximate surface area is 211 Å². The minimum Gasteiger partial charge on any atom is -0.387 e. The van der Waals surface area contributed by atoms with Crippen LogP contribution in [-0.2, 0) is 15.8 Å². The highest BCUT2D eigenvalue weighted by molar-refractivity contribution is 5.96. The largest absolute Gasteiger partial charge is 0.387 e. The number of ether oxygens (including phenoxy) is 1. The van der Waals surface area contributed by atoms with Crippen molar-refractivity contribution in [3.63, 3.8) is 0 Å². The van der Waals surface area contributed by atoms with E-state index in [0.29, 0.717) is 31.2 Å². The molecule has 2 bridgehead atoms. The van der Waals surface area contributed by atoms with E-state index in [1.165, 1.54) is 5.56 Å². The van der Waals surface area contributed by atoms with Crippen LogP contribution in [0.5, 0.6) is 0 Å². The number of nitrogens with one attached hydrogen (secondary N) is 1. The summed E-state index contributed by atoms with van der Waals surface area (Å²) in [5.74, 6) is 0.832. The number of aliphatic imine (C=N–C) groups is 1. The molecule has 2 aromatic heterocycles. The van der Waals surface area contributed by atoms with Crippen LogP contribution in [0.3, 0.4) is 0 Å². The molecule has 9 heteroatoms. The number of nitrogens with zero attached hydrogens (tertiary/aromatic N) is 5. The summed E-state index contributed by atoms with van der Waals surface area (Å²) in [6.07, 6.45) is 3.85. The molecular weight excluding hydrogens is 452 g/mol. The zero-order chi connectivity index (χ0) is 25.3. The SMILES string of the molecule is CC(N)=NC(=N)C1C2(CN)COC1(c1nc3c(C)cc(N4CC[C@](C)(c5ccccc5)C4)cn3n1)C2. The van der Waals surface area contributed by atoms with Gasteiger partial charge in [-0.05, 0) is 43.9 Å². The van der Waals surface area contributed by atoms with Crippen LogP contribution in [0.25, 0.3) is 5.65 Å². The summed E-state index contributed by atoms with van der Waals surface area (Å²) in [5.41, 5.74) is 15.3. The van der Waals surface area contributed by atoms with Crippen molar-refractivity contribution in [2.45, 2.75) is 44.6 Å². The standard InChI is InChI=1S/C27H34N8O/c1-17-11-20(34-10-9-25(3,15-34)19-7-5-4-6-8-19)12-35-23(17)32-24(33-35)27-13-26(14-28,16-36-27)21(27)22(30)31-18(2)29/h4-8,11-12,21H,9-10,13-16,28H2,1-3H3,(H3,29,30,31)/t21?,25-,26?,27?/m0/s1. The van der Waals surface area contributed by atoms with Gasteiger partial charge < -0.3 is 21.1 Å². The predicted octanol–water partition coefficient (Wildman–Crippen LogP) is 2.75. The van der Waals surface area contributed by atoms with Crippen LogP contribution < -0.4 is 16.4 Å². The zero-order valence-corrected chi connectivity index (χ0v) is 21.2. The molecular formula is C27H34N8O. The van der Waals surface area contributed by atoms with E-state index in [-0.39, 0.29) is 22.6 Å². The Kier molecular flexibility index (Phi) is 5.04. The normalized spacial score (nSPS) is 31.7. The van der Waals surface area contributed by atoms with Gasteiger partial charge in [-0.2, -0.15) is 0 Å². The molecule has 3 unspecified atom stereocenters. The fourth-order valence-corrected chi connectivity index (χ4v) is 6.66. The monoisotopic (exact) mass is 486 g/mol. The third-order valence-corrected chi connectivity index (χ3v) is 8.58. The molecule has 4 aliphatic rings. The number of aryl methyl sites for hydroxylation is 1. The zero-order valence-electron chi connectivity index (χ0n) is 21.2. The average Bonchev–Trinajstić information content (AvgIpc) is 3.60. The van der Waals surface area contributed by atoms with Crippen molar-refractivity contribution in [3.8, 4) is 0 Å². The maximum absolute atomic E-state index is 8.64. The number of rotatable bonds is 5. The van der Waals surface area contributed by atoms with Crippen LogP contribution >= 0.6 is 0 Å². The number of aromatic nitrogens is 3. The molecule has 188 valence electrons. The number of anilines is 1. The van der Waals surface area contributed by atoms with Crippen LogP contribution in [0.1, 0.15) is 43.6 Å². The first-order valence-corrected chi connectivity index (χ1v) is 12.6. The molecule has 36 heavy (non-hydrogen) atoms. The molecule has 4 atom stereocenters. The van der Waals surface area contributed by atoms with Crippen molar-refractivity contribution in [1.82, 2.24) is 14.6 Å². The first kappa shape index (κ1) is 23.1. The van der Waals surface area contributed by atoms with Crippen molar-refractivity contribution >= 4 is 23.0 Å². The molecule has 0 spiro atoms. The van der Waals surface area contributed by atoms with Gasteiger partial charge in [0.15, 0.2) is 11.5 Å². The van der Waals surface area contributed by atoms with Crippen LogP contribution in [0, 0.1) is 23.7 Å². The van der Waals surface area contributed by atoms with E-state index < -0.39 is 5.60 Å². The van der Waals surface area contributed by atoms with Crippen LogP contribution in [0.2, 0.25) is 0 Å². The first-order valence-electron chi connectivity index (χ1n) is 12.6. The molecule has 1 saturated carbocycles. The van der Waals surface area contributed by atoms with E-state index in [4.69, 9.17) is 31.7 Å². The Morgan fingerprint density at radius 1 is 1.31 bits per heavy atom. The van der Waals surface area contributed by atoms with Gasteiger partial charge in [0.25, 0.3) is 0 Å². The molecule has 5 N–H and O–H groups in total. The second-order valence-corrected chi connectivity index (χ2v) is 11.2. The quantitative estimate of drug-likeness (QED) is 0.375.